The summed E-state index contributed by atoms with van der Waals surface area (Å²) < 4.78 is 5.58. The predicted molar refractivity (Wildman–Crippen MR) is 103 cm³/mol. The van der Waals surface area contributed by atoms with Crippen molar-refractivity contribution in [2.75, 3.05) is 0 Å². The summed E-state index contributed by atoms with van der Waals surface area (Å²) in [5.74, 6) is -0.811. The molecule has 0 bridgehead atoms. The molecule has 0 aliphatic rings. The fourth-order valence-corrected chi connectivity index (χ4v) is 3.03. The Morgan fingerprint density at radius 3 is 2.59 bits per heavy atom. The second-order valence-corrected chi connectivity index (χ2v) is 6.39. The van der Waals surface area contributed by atoms with E-state index in [-0.39, 0.29) is 5.76 Å². The molecule has 4 rings (SSSR count). The minimum Gasteiger partial charge on any atom is -0.451 e. The Kier molecular flexibility index (Phi) is 4.25. The van der Waals surface area contributed by atoms with Crippen molar-refractivity contribution in [1.82, 2.24) is 15.8 Å². The predicted octanol–water partition coefficient (Wildman–Crippen LogP) is 4.02. The first-order valence-electron chi connectivity index (χ1n) is 8.18. The summed E-state index contributed by atoms with van der Waals surface area (Å²) in [5, 5.41) is 2.01. The zero-order valence-corrected chi connectivity index (χ0v) is 15.0. The summed E-state index contributed by atoms with van der Waals surface area (Å²) in [5.41, 5.74) is 7.18. The third kappa shape index (κ3) is 3.22. The number of fused-ring (bicyclic) bond motifs is 2. The number of nitrogens with zero attached hydrogens (tertiary/aromatic N) is 1. The molecule has 0 fully saturated rings. The molecule has 2 amide bonds. The van der Waals surface area contributed by atoms with Crippen molar-refractivity contribution < 1.29 is 14.0 Å². The molecule has 2 heterocycles. The average molecular weight is 380 g/mol. The Labute approximate surface area is 159 Å². The molecular weight excluding hydrogens is 366 g/mol. The highest BCUT2D eigenvalue weighted by atomic mass is 35.5. The lowest BCUT2D eigenvalue weighted by atomic mass is 10.1. The zero-order valence-electron chi connectivity index (χ0n) is 14.2. The summed E-state index contributed by atoms with van der Waals surface area (Å²) in [6.45, 7) is 1.80. The molecule has 27 heavy (non-hydrogen) atoms. The van der Waals surface area contributed by atoms with Gasteiger partial charge in [-0.15, -0.1) is 0 Å². The van der Waals surface area contributed by atoms with Gasteiger partial charge in [0.2, 0.25) is 0 Å². The van der Waals surface area contributed by atoms with Crippen LogP contribution in [0.5, 0.6) is 0 Å². The molecule has 0 aliphatic heterocycles. The molecule has 2 aromatic heterocycles. The maximum atomic E-state index is 12.4. The van der Waals surface area contributed by atoms with E-state index in [1.165, 1.54) is 0 Å². The number of pyridine rings is 1. The molecule has 134 valence electrons. The minimum absolute atomic E-state index is 0.161. The van der Waals surface area contributed by atoms with Crippen LogP contribution in [-0.2, 0) is 0 Å². The van der Waals surface area contributed by atoms with Gasteiger partial charge in [-0.25, -0.2) is 4.98 Å². The Bertz CT molecular complexity index is 1200. The zero-order chi connectivity index (χ0) is 19.0. The first-order valence-corrected chi connectivity index (χ1v) is 8.56. The van der Waals surface area contributed by atoms with Gasteiger partial charge in [-0.3, -0.25) is 20.4 Å². The molecule has 7 heteroatoms. The third-order valence-electron chi connectivity index (χ3n) is 4.26. The normalized spacial score (nSPS) is 10.9. The van der Waals surface area contributed by atoms with Gasteiger partial charge in [-0.2, -0.15) is 0 Å². The lowest BCUT2D eigenvalue weighted by molar-refractivity contribution is 0.0831. The maximum absolute atomic E-state index is 12.4. The van der Waals surface area contributed by atoms with E-state index in [1.54, 1.807) is 43.3 Å². The van der Waals surface area contributed by atoms with E-state index < -0.39 is 11.8 Å². The molecule has 0 spiro atoms. The number of carbonyl (C=O) groups excluding carboxylic acids is 2. The molecular formula is C20H14ClN3O3. The van der Waals surface area contributed by atoms with Gasteiger partial charge >= 0.3 is 5.91 Å². The van der Waals surface area contributed by atoms with E-state index in [9.17, 15) is 9.59 Å². The van der Waals surface area contributed by atoms with Crippen LogP contribution in [0, 0.1) is 6.92 Å². The SMILES string of the molecule is Cc1c(C(=O)NNC(=O)c2ccc3nc(Cl)ccc3c2)oc2ccccc12. The fraction of sp³-hybridized carbons (Fsp3) is 0.0500. The Balaban J connectivity index is 1.50. The molecule has 0 aliphatic carbocycles. The van der Waals surface area contributed by atoms with Crippen molar-refractivity contribution in [3.8, 4) is 0 Å². The second-order valence-electron chi connectivity index (χ2n) is 6.00. The summed E-state index contributed by atoms with van der Waals surface area (Å²) in [6.07, 6.45) is 0. The van der Waals surface area contributed by atoms with E-state index >= 15 is 0 Å². The Hall–Kier alpha value is -3.38. The molecule has 0 unspecified atom stereocenters. The van der Waals surface area contributed by atoms with Gasteiger partial charge in [-0.1, -0.05) is 29.8 Å². The lowest BCUT2D eigenvalue weighted by Gasteiger charge is -2.07. The highest BCUT2D eigenvalue weighted by Gasteiger charge is 2.18. The molecule has 4 aromatic rings. The molecule has 0 radical (unpaired) electrons. The average Bonchev–Trinajstić information content (AvgIpc) is 3.02. The number of amides is 2. The van der Waals surface area contributed by atoms with Crippen LogP contribution >= 0.6 is 11.6 Å². The standard InChI is InChI=1S/C20H14ClN3O3/c1-11-14-4-2-3-5-16(14)27-18(11)20(26)24-23-19(25)13-6-8-15-12(10-13)7-9-17(21)22-15/h2-10H,1H3,(H,23,25)(H,24,26). The lowest BCUT2D eigenvalue weighted by Crippen LogP contribution is -2.41. The topological polar surface area (TPSA) is 84.2 Å². The third-order valence-corrected chi connectivity index (χ3v) is 4.47. The number of hydrogen-bond acceptors (Lipinski definition) is 4. The highest BCUT2D eigenvalue weighted by Crippen LogP contribution is 2.24. The van der Waals surface area contributed by atoms with Crippen molar-refractivity contribution in [3.05, 3.63) is 76.6 Å². The van der Waals surface area contributed by atoms with Crippen molar-refractivity contribution in [1.29, 1.82) is 0 Å². The summed E-state index contributed by atoms with van der Waals surface area (Å²) in [4.78, 5) is 28.9. The molecule has 0 atom stereocenters. The van der Waals surface area contributed by atoms with Gasteiger partial charge in [0.25, 0.3) is 5.91 Å². The van der Waals surface area contributed by atoms with Crippen LogP contribution in [0.3, 0.4) is 0 Å². The minimum atomic E-state index is -0.522. The molecule has 6 nitrogen and oxygen atoms in total. The second kappa shape index (κ2) is 6.74. The number of hydrazine groups is 1. The van der Waals surface area contributed by atoms with Crippen LogP contribution in [0.2, 0.25) is 5.15 Å². The number of aryl methyl sites for hydroxylation is 1. The van der Waals surface area contributed by atoms with Crippen LogP contribution in [0.4, 0.5) is 0 Å². The van der Waals surface area contributed by atoms with Gasteiger partial charge < -0.3 is 4.42 Å². The van der Waals surface area contributed by atoms with E-state index in [1.807, 2.05) is 18.2 Å². The number of para-hydroxylation sites is 1. The molecule has 2 aromatic carbocycles. The van der Waals surface area contributed by atoms with E-state index in [0.717, 1.165) is 10.8 Å². The molecule has 0 saturated heterocycles. The smallest absolute Gasteiger partial charge is 0.305 e. The highest BCUT2D eigenvalue weighted by molar-refractivity contribution is 6.29. The number of rotatable bonds is 2. The van der Waals surface area contributed by atoms with Crippen LogP contribution in [0.25, 0.3) is 21.9 Å². The van der Waals surface area contributed by atoms with E-state index in [2.05, 4.69) is 15.8 Å². The van der Waals surface area contributed by atoms with Gasteiger partial charge in [0.1, 0.15) is 10.7 Å². The number of halogens is 1. The number of nitrogens with one attached hydrogen (secondary N) is 2. The number of benzene rings is 2. The largest absolute Gasteiger partial charge is 0.451 e. The number of carbonyl (C=O) groups is 2. The number of hydrogen-bond donors (Lipinski definition) is 2. The summed E-state index contributed by atoms with van der Waals surface area (Å²) >= 11 is 5.86. The first kappa shape index (κ1) is 17.1. The fourth-order valence-electron chi connectivity index (χ4n) is 2.88. The number of aromatic nitrogens is 1. The molecule has 2 N–H and O–H groups in total. The van der Waals surface area contributed by atoms with Crippen molar-refractivity contribution in [2.24, 2.45) is 0 Å². The van der Waals surface area contributed by atoms with Crippen molar-refractivity contribution in [3.63, 3.8) is 0 Å². The van der Waals surface area contributed by atoms with Crippen molar-refractivity contribution in [2.45, 2.75) is 6.92 Å². The first-order chi connectivity index (χ1) is 13.0. The Morgan fingerprint density at radius 1 is 1.00 bits per heavy atom. The van der Waals surface area contributed by atoms with Crippen molar-refractivity contribution >= 4 is 45.3 Å². The quantitative estimate of drug-likeness (QED) is 0.407. The van der Waals surface area contributed by atoms with Gasteiger partial charge in [0.15, 0.2) is 5.76 Å². The monoisotopic (exact) mass is 379 g/mol. The van der Waals surface area contributed by atoms with Crippen LogP contribution < -0.4 is 10.9 Å². The van der Waals surface area contributed by atoms with Gasteiger partial charge in [0.05, 0.1) is 5.52 Å². The Morgan fingerprint density at radius 2 is 1.78 bits per heavy atom. The van der Waals surface area contributed by atoms with Crippen LogP contribution in [0.15, 0.2) is 59.0 Å². The van der Waals surface area contributed by atoms with Crippen LogP contribution in [-0.4, -0.2) is 16.8 Å². The van der Waals surface area contributed by atoms with Gasteiger partial charge in [-0.05, 0) is 43.3 Å². The van der Waals surface area contributed by atoms with Crippen LogP contribution in [0.1, 0.15) is 26.5 Å². The van der Waals surface area contributed by atoms with E-state index in [0.29, 0.717) is 27.4 Å². The molecule has 0 saturated carbocycles. The van der Waals surface area contributed by atoms with E-state index in [4.69, 9.17) is 16.0 Å². The summed E-state index contributed by atoms with van der Waals surface area (Å²) in [7, 11) is 0. The summed E-state index contributed by atoms with van der Waals surface area (Å²) in [6, 6.07) is 15.8. The van der Waals surface area contributed by atoms with Gasteiger partial charge in [0, 0.05) is 21.9 Å². The number of furan rings is 1. The maximum Gasteiger partial charge on any atom is 0.305 e.